The largest absolute Gasteiger partial charge is 0.506 e. The maximum atomic E-state index is 9.31. The molecule has 0 aliphatic heterocycles. The van der Waals surface area contributed by atoms with E-state index in [2.05, 4.69) is 20.1 Å². The summed E-state index contributed by atoms with van der Waals surface area (Å²) in [6.45, 7) is 0. The normalized spacial score (nSPS) is 11.0. The minimum absolute atomic E-state index is 0.104. The van der Waals surface area contributed by atoms with Gasteiger partial charge in [-0.25, -0.2) is 0 Å². The molecular formula is C14H10N4O2. The molecule has 3 aromatic rings. The van der Waals surface area contributed by atoms with Gasteiger partial charge in [-0.3, -0.25) is 9.97 Å². The van der Waals surface area contributed by atoms with Gasteiger partial charge in [-0.2, -0.15) is 4.98 Å². The van der Waals surface area contributed by atoms with Gasteiger partial charge in [0.05, 0.1) is 6.20 Å². The number of hydrogen-bond acceptors (Lipinski definition) is 6. The van der Waals surface area contributed by atoms with Crippen LogP contribution in [0, 0.1) is 0 Å². The van der Waals surface area contributed by atoms with E-state index in [-0.39, 0.29) is 5.75 Å². The highest BCUT2D eigenvalue weighted by atomic mass is 16.5. The molecule has 0 amide bonds. The molecule has 20 heavy (non-hydrogen) atoms. The summed E-state index contributed by atoms with van der Waals surface area (Å²) < 4.78 is 5.10. The molecule has 6 nitrogen and oxygen atoms in total. The summed E-state index contributed by atoms with van der Waals surface area (Å²) in [6, 6.07) is 7.06. The third-order valence-corrected chi connectivity index (χ3v) is 2.50. The number of aromatic nitrogens is 4. The van der Waals surface area contributed by atoms with Crippen molar-refractivity contribution < 1.29 is 9.63 Å². The van der Waals surface area contributed by atoms with Crippen LogP contribution in [0.2, 0.25) is 0 Å². The molecule has 1 N–H and O–H groups in total. The van der Waals surface area contributed by atoms with Crippen LogP contribution in [0.3, 0.4) is 0 Å². The van der Waals surface area contributed by atoms with Gasteiger partial charge >= 0.3 is 0 Å². The molecule has 0 unspecified atom stereocenters. The van der Waals surface area contributed by atoms with Crippen molar-refractivity contribution in [2.24, 2.45) is 0 Å². The molecule has 0 atom stereocenters. The van der Waals surface area contributed by atoms with Gasteiger partial charge in [0.15, 0.2) is 0 Å². The standard InChI is InChI=1S/C14H10N4O2/c19-11-7-10(8-15-9-11)4-5-13-17-14(18-20-13)12-3-1-2-6-16-12/h1-9,19H/b5-4+. The first kappa shape index (κ1) is 12.0. The second-order valence-electron chi connectivity index (χ2n) is 3.98. The molecule has 0 aliphatic carbocycles. The maximum absolute atomic E-state index is 9.31. The zero-order chi connectivity index (χ0) is 13.8. The lowest BCUT2D eigenvalue weighted by atomic mass is 10.2. The van der Waals surface area contributed by atoms with Crippen LogP contribution in [0.25, 0.3) is 23.7 Å². The summed E-state index contributed by atoms with van der Waals surface area (Å²) in [5.74, 6) is 0.889. The van der Waals surface area contributed by atoms with Gasteiger partial charge in [-0.15, -0.1) is 0 Å². The Kier molecular flexibility index (Phi) is 3.20. The van der Waals surface area contributed by atoms with Crippen molar-refractivity contribution in [3.05, 3.63) is 54.3 Å². The number of nitrogens with zero attached hydrogens (tertiary/aromatic N) is 4. The van der Waals surface area contributed by atoms with Crippen molar-refractivity contribution in [3.8, 4) is 17.3 Å². The predicted octanol–water partition coefficient (Wildman–Crippen LogP) is 2.40. The molecule has 0 aliphatic rings. The first-order chi connectivity index (χ1) is 9.81. The molecule has 0 saturated carbocycles. The van der Waals surface area contributed by atoms with Crippen LogP contribution >= 0.6 is 0 Å². The van der Waals surface area contributed by atoms with Gasteiger partial charge in [0.1, 0.15) is 11.4 Å². The monoisotopic (exact) mass is 266 g/mol. The highest BCUT2D eigenvalue weighted by Gasteiger charge is 2.06. The van der Waals surface area contributed by atoms with Crippen molar-refractivity contribution in [1.29, 1.82) is 0 Å². The number of hydrogen-bond donors (Lipinski definition) is 1. The minimum Gasteiger partial charge on any atom is -0.506 e. The Hall–Kier alpha value is -3.02. The van der Waals surface area contributed by atoms with Gasteiger partial charge in [-0.1, -0.05) is 11.2 Å². The van der Waals surface area contributed by atoms with Crippen LogP contribution in [0.1, 0.15) is 11.5 Å². The fraction of sp³-hybridized carbons (Fsp3) is 0. The Bertz CT molecular complexity index is 738. The fourth-order valence-corrected chi connectivity index (χ4v) is 1.61. The third-order valence-electron chi connectivity index (χ3n) is 2.50. The van der Waals surface area contributed by atoms with Gasteiger partial charge in [0.2, 0.25) is 5.82 Å². The van der Waals surface area contributed by atoms with Gasteiger partial charge < -0.3 is 9.63 Å². The van der Waals surface area contributed by atoms with Crippen molar-refractivity contribution in [3.63, 3.8) is 0 Å². The second kappa shape index (κ2) is 5.31. The molecule has 6 heteroatoms. The SMILES string of the molecule is Oc1cncc(/C=C/c2nc(-c3ccccn3)no2)c1. The molecular weight excluding hydrogens is 256 g/mol. The number of aromatic hydroxyl groups is 1. The topological polar surface area (TPSA) is 84.9 Å². The Balaban J connectivity index is 1.81. The molecule has 0 saturated heterocycles. The summed E-state index contributed by atoms with van der Waals surface area (Å²) in [5.41, 5.74) is 1.39. The number of pyridine rings is 2. The molecule has 0 radical (unpaired) electrons. The Labute approximate surface area is 114 Å². The van der Waals surface area contributed by atoms with Gasteiger partial charge in [0.25, 0.3) is 5.89 Å². The summed E-state index contributed by atoms with van der Waals surface area (Å²) in [4.78, 5) is 12.2. The Morgan fingerprint density at radius 1 is 1.15 bits per heavy atom. The van der Waals surface area contributed by atoms with E-state index in [1.165, 1.54) is 6.20 Å². The van der Waals surface area contributed by atoms with Crippen LogP contribution in [0.5, 0.6) is 5.75 Å². The van der Waals surface area contributed by atoms with E-state index in [1.54, 1.807) is 36.7 Å². The first-order valence-electron chi connectivity index (χ1n) is 5.88. The van der Waals surface area contributed by atoms with Crippen molar-refractivity contribution >= 4 is 12.2 Å². The van der Waals surface area contributed by atoms with E-state index in [0.717, 1.165) is 5.56 Å². The van der Waals surface area contributed by atoms with Crippen molar-refractivity contribution in [1.82, 2.24) is 20.1 Å². The summed E-state index contributed by atoms with van der Waals surface area (Å²) in [7, 11) is 0. The van der Waals surface area contributed by atoms with Crippen LogP contribution in [-0.4, -0.2) is 25.2 Å². The Morgan fingerprint density at radius 3 is 2.90 bits per heavy atom. The van der Waals surface area contributed by atoms with E-state index in [1.807, 2.05) is 12.1 Å². The first-order valence-corrected chi connectivity index (χ1v) is 5.88. The average molecular weight is 266 g/mol. The molecule has 98 valence electrons. The number of rotatable bonds is 3. The van der Waals surface area contributed by atoms with Crippen LogP contribution in [0.15, 0.2) is 47.4 Å². The lowest BCUT2D eigenvalue weighted by molar-refractivity contribution is 0.411. The molecule has 3 rings (SSSR count). The quantitative estimate of drug-likeness (QED) is 0.783. The van der Waals surface area contributed by atoms with Gasteiger partial charge in [-0.05, 0) is 29.8 Å². The molecule has 3 aromatic heterocycles. The lowest BCUT2D eigenvalue weighted by Crippen LogP contribution is -1.83. The van der Waals surface area contributed by atoms with E-state index in [9.17, 15) is 5.11 Å². The molecule has 0 aromatic carbocycles. The minimum atomic E-state index is 0.104. The summed E-state index contributed by atoms with van der Waals surface area (Å²) in [6.07, 6.45) is 8.02. The smallest absolute Gasteiger partial charge is 0.251 e. The van der Waals surface area contributed by atoms with Crippen molar-refractivity contribution in [2.45, 2.75) is 0 Å². The van der Waals surface area contributed by atoms with Crippen LogP contribution < -0.4 is 0 Å². The molecule has 0 bridgehead atoms. The average Bonchev–Trinajstić information content (AvgIpc) is 2.95. The predicted molar refractivity (Wildman–Crippen MR) is 72.4 cm³/mol. The zero-order valence-electron chi connectivity index (χ0n) is 10.3. The lowest BCUT2D eigenvalue weighted by Gasteiger charge is -1.92. The third kappa shape index (κ3) is 2.69. The van der Waals surface area contributed by atoms with Gasteiger partial charge in [0, 0.05) is 18.5 Å². The zero-order valence-corrected chi connectivity index (χ0v) is 10.3. The van der Waals surface area contributed by atoms with E-state index in [4.69, 9.17) is 4.52 Å². The van der Waals surface area contributed by atoms with Crippen LogP contribution in [0.4, 0.5) is 0 Å². The molecule has 3 heterocycles. The van der Waals surface area contributed by atoms with Crippen LogP contribution in [-0.2, 0) is 0 Å². The molecule has 0 spiro atoms. The molecule has 0 fully saturated rings. The highest BCUT2D eigenvalue weighted by molar-refractivity contribution is 5.66. The van der Waals surface area contributed by atoms with E-state index in [0.29, 0.717) is 17.4 Å². The Morgan fingerprint density at radius 2 is 2.10 bits per heavy atom. The fourth-order valence-electron chi connectivity index (χ4n) is 1.61. The highest BCUT2D eigenvalue weighted by Crippen LogP contribution is 2.14. The second-order valence-corrected chi connectivity index (χ2v) is 3.98. The van der Waals surface area contributed by atoms with E-state index < -0.39 is 0 Å². The van der Waals surface area contributed by atoms with Crippen molar-refractivity contribution in [2.75, 3.05) is 0 Å². The summed E-state index contributed by atoms with van der Waals surface area (Å²) in [5, 5.41) is 13.2. The summed E-state index contributed by atoms with van der Waals surface area (Å²) >= 11 is 0. The maximum Gasteiger partial charge on any atom is 0.251 e. The van der Waals surface area contributed by atoms with E-state index >= 15 is 0 Å².